The molecule has 0 aromatic heterocycles. The van der Waals surface area contributed by atoms with Gasteiger partial charge >= 0.3 is 21.6 Å². The standard InChI is InChI=1S/C31H46F3N3O5S/c1-25(2)21-8-11-30(7)23(28(21,5)10-9-22(25)36-40)20(38)16-18-19-17-27(4,14-12-26(19,3)13-15-29(18,30)6)35-24(39)37-43(41,42)31(32,33)34/h16,19,21,23,40H,8-15,17H2,1-7H3,(H2,35,37,39)/b36-22+/t19-,21-,23+,26+,27-,28-,29+,30+/m0/s1. The van der Waals surface area contributed by atoms with Crippen LogP contribution in [-0.4, -0.2) is 42.2 Å². The van der Waals surface area contributed by atoms with Crippen molar-refractivity contribution in [1.82, 2.24) is 10.0 Å². The van der Waals surface area contributed by atoms with Gasteiger partial charge in [0.05, 0.1) is 5.71 Å². The van der Waals surface area contributed by atoms with Gasteiger partial charge in [0.2, 0.25) is 0 Å². The van der Waals surface area contributed by atoms with Crippen molar-refractivity contribution in [1.29, 1.82) is 0 Å². The van der Waals surface area contributed by atoms with Crippen LogP contribution >= 0.6 is 0 Å². The van der Waals surface area contributed by atoms with E-state index in [1.54, 1.807) is 6.92 Å². The average Bonchev–Trinajstić information content (AvgIpc) is 2.85. The summed E-state index contributed by atoms with van der Waals surface area (Å²) in [6.07, 6.45) is 8.39. The zero-order valence-electron chi connectivity index (χ0n) is 26.2. The van der Waals surface area contributed by atoms with Crippen LogP contribution in [0.5, 0.6) is 0 Å². The van der Waals surface area contributed by atoms with Crippen molar-refractivity contribution < 1.29 is 36.4 Å². The van der Waals surface area contributed by atoms with Gasteiger partial charge in [0.1, 0.15) is 0 Å². The highest BCUT2D eigenvalue weighted by Gasteiger charge is 2.70. The minimum absolute atomic E-state index is 0.104. The molecule has 4 saturated carbocycles. The molecule has 0 saturated heterocycles. The fraction of sp³-hybridized carbons (Fsp3) is 0.839. The second kappa shape index (κ2) is 9.45. The third kappa shape index (κ3) is 4.49. The Morgan fingerprint density at radius 3 is 2.23 bits per heavy atom. The predicted molar refractivity (Wildman–Crippen MR) is 156 cm³/mol. The Hall–Kier alpha value is -2.11. The van der Waals surface area contributed by atoms with Gasteiger partial charge in [-0.05, 0) is 104 Å². The van der Waals surface area contributed by atoms with Crippen LogP contribution in [0.25, 0.3) is 0 Å². The molecule has 5 aliphatic carbocycles. The van der Waals surface area contributed by atoms with Crippen LogP contribution in [0.4, 0.5) is 18.0 Å². The third-order valence-corrected chi connectivity index (χ3v) is 14.5. The van der Waals surface area contributed by atoms with Crippen molar-refractivity contribution in [2.45, 2.75) is 117 Å². The predicted octanol–water partition coefficient (Wildman–Crippen LogP) is 6.70. The zero-order valence-corrected chi connectivity index (χ0v) is 27.1. The van der Waals surface area contributed by atoms with Crippen LogP contribution in [0.2, 0.25) is 0 Å². The first-order valence-corrected chi connectivity index (χ1v) is 16.9. The lowest BCUT2D eigenvalue weighted by atomic mass is 9.33. The highest BCUT2D eigenvalue weighted by molar-refractivity contribution is 7.90. The van der Waals surface area contributed by atoms with Gasteiger partial charge in [-0.1, -0.05) is 52.3 Å². The number of allylic oxidation sites excluding steroid dienone is 2. The number of sulfonamides is 1. The molecular weight excluding hydrogens is 583 g/mol. The molecule has 0 aliphatic heterocycles. The van der Waals surface area contributed by atoms with Crippen molar-refractivity contribution in [3.05, 3.63) is 11.6 Å². The number of hydrogen-bond acceptors (Lipinski definition) is 6. The van der Waals surface area contributed by atoms with Crippen LogP contribution in [0.15, 0.2) is 16.8 Å². The maximum Gasteiger partial charge on any atom is 0.516 e. The number of ketones is 1. The molecule has 0 aromatic carbocycles. The molecule has 0 spiro atoms. The van der Waals surface area contributed by atoms with E-state index in [2.05, 4.69) is 52.0 Å². The minimum atomic E-state index is -5.84. The van der Waals surface area contributed by atoms with Crippen LogP contribution in [0.3, 0.4) is 0 Å². The lowest BCUT2D eigenvalue weighted by Gasteiger charge is -2.70. The molecule has 43 heavy (non-hydrogen) atoms. The average molecular weight is 630 g/mol. The Bertz CT molecular complexity index is 1410. The number of carbonyl (C=O) groups is 2. The Morgan fingerprint density at radius 2 is 1.63 bits per heavy atom. The first-order valence-electron chi connectivity index (χ1n) is 15.4. The summed E-state index contributed by atoms with van der Waals surface area (Å²) in [6.45, 7) is 15.0. The SMILES string of the molecule is CC1(C)/C(=N/O)CC[C@]2(C)[C@H]3C(=O)C=C4[C@@H]5C[C@@](C)(NC(=O)NS(=O)(=O)C(F)(F)F)CC[C@]5(C)CC[C@@]4(C)[C@]3(C)CC[C@@H]12. The van der Waals surface area contributed by atoms with E-state index in [9.17, 15) is 36.4 Å². The summed E-state index contributed by atoms with van der Waals surface area (Å²) in [5.41, 5.74) is -6.12. The molecule has 0 bridgehead atoms. The van der Waals surface area contributed by atoms with E-state index >= 15 is 0 Å². The van der Waals surface area contributed by atoms with Crippen molar-refractivity contribution in [3.8, 4) is 0 Å². The topological polar surface area (TPSA) is 125 Å². The number of oxime groups is 1. The Kier molecular flexibility index (Phi) is 7.10. The number of nitrogens with one attached hydrogen (secondary N) is 2. The van der Waals surface area contributed by atoms with Gasteiger partial charge in [-0.25, -0.2) is 9.52 Å². The Balaban J connectivity index is 1.49. The number of halogens is 3. The van der Waals surface area contributed by atoms with Crippen molar-refractivity contribution in [2.75, 3.05) is 0 Å². The number of urea groups is 1. The number of alkyl halides is 3. The molecule has 2 amide bonds. The van der Waals surface area contributed by atoms with E-state index in [1.807, 2.05) is 6.08 Å². The molecule has 8 nitrogen and oxygen atoms in total. The normalized spacial score (nSPS) is 45.2. The summed E-state index contributed by atoms with van der Waals surface area (Å²) < 4.78 is 62.9. The van der Waals surface area contributed by atoms with Crippen molar-refractivity contribution in [2.24, 2.45) is 50.0 Å². The maximum absolute atomic E-state index is 14.4. The second-order valence-electron chi connectivity index (χ2n) is 16.0. The smallest absolute Gasteiger partial charge is 0.411 e. The first kappa shape index (κ1) is 32.3. The first-order chi connectivity index (χ1) is 19.5. The molecule has 3 N–H and O–H groups in total. The number of amides is 2. The van der Waals surface area contributed by atoms with E-state index < -0.39 is 27.1 Å². The monoisotopic (exact) mass is 629 g/mol. The molecule has 4 fully saturated rings. The quantitative estimate of drug-likeness (QED) is 0.232. The van der Waals surface area contributed by atoms with E-state index in [-0.39, 0.29) is 50.6 Å². The van der Waals surface area contributed by atoms with E-state index in [0.717, 1.165) is 48.1 Å². The number of fused-ring (bicyclic) bond motifs is 7. The minimum Gasteiger partial charge on any atom is -0.411 e. The van der Waals surface area contributed by atoms with Gasteiger partial charge in [0.15, 0.2) is 5.78 Å². The van der Waals surface area contributed by atoms with Crippen LogP contribution in [0, 0.1) is 44.8 Å². The van der Waals surface area contributed by atoms with E-state index in [4.69, 9.17) is 0 Å². The summed E-state index contributed by atoms with van der Waals surface area (Å²) in [4.78, 5) is 26.9. The lowest BCUT2D eigenvalue weighted by molar-refractivity contribution is -0.174. The summed E-state index contributed by atoms with van der Waals surface area (Å²) >= 11 is 0. The largest absolute Gasteiger partial charge is 0.516 e. The van der Waals surface area contributed by atoms with E-state index in [0.29, 0.717) is 25.7 Å². The lowest BCUT2D eigenvalue weighted by Crippen LogP contribution is -2.66. The Morgan fingerprint density at radius 1 is 1.00 bits per heavy atom. The summed E-state index contributed by atoms with van der Waals surface area (Å²) in [7, 11) is -5.84. The zero-order chi connectivity index (χ0) is 32.2. The molecule has 0 aromatic rings. The highest BCUT2D eigenvalue weighted by atomic mass is 32.2. The molecule has 0 unspecified atom stereocenters. The summed E-state index contributed by atoms with van der Waals surface area (Å²) in [6, 6.07) is -1.40. The van der Waals surface area contributed by atoms with Crippen molar-refractivity contribution in [3.63, 3.8) is 0 Å². The van der Waals surface area contributed by atoms with Crippen LogP contribution in [-0.2, 0) is 14.8 Å². The summed E-state index contributed by atoms with van der Waals surface area (Å²) in [5, 5.41) is 16.0. The van der Waals surface area contributed by atoms with Gasteiger partial charge in [-0.2, -0.15) is 21.6 Å². The molecule has 5 aliphatic rings. The molecular formula is C31H46F3N3O5S. The van der Waals surface area contributed by atoms with Gasteiger partial charge in [-0.15, -0.1) is 0 Å². The van der Waals surface area contributed by atoms with E-state index in [1.165, 1.54) is 0 Å². The second-order valence-corrected chi connectivity index (χ2v) is 17.7. The van der Waals surface area contributed by atoms with Gasteiger partial charge < -0.3 is 10.5 Å². The molecule has 5 rings (SSSR count). The fourth-order valence-corrected chi connectivity index (χ4v) is 11.2. The van der Waals surface area contributed by atoms with Crippen molar-refractivity contribution >= 4 is 27.5 Å². The molecule has 0 heterocycles. The van der Waals surface area contributed by atoms with Crippen LogP contribution < -0.4 is 10.0 Å². The fourth-order valence-electron chi connectivity index (χ4n) is 10.8. The molecule has 12 heteroatoms. The molecule has 0 radical (unpaired) electrons. The van der Waals surface area contributed by atoms with Gasteiger partial charge in [-0.3, -0.25) is 4.79 Å². The van der Waals surface area contributed by atoms with Crippen LogP contribution in [0.1, 0.15) is 106 Å². The van der Waals surface area contributed by atoms with Gasteiger partial charge in [0, 0.05) is 16.9 Å². The molecule has 242 valence electrons. The Labute approximate surface area is 252 Å². The highest BCUT2D eigenvalue weighted by Crippen LogP contribution is 2.74. The number of rotatable bonds is 2. The third-order valence-electron chi connectivity index (χ3n) is 13.4. The molecule has 8 atom stereocenters. The maximum atomic E-state index is 14.4. The number of hydrogen-bond donors (Lipinski definition) is 3. The van der Waals surface area contributed by atoms with Gasteiger partial charge in [0.25, 0.3) is 0 Å². The number of nitrogens with zero attached hydrogens (tertiary/aromatic N) is 1. The summed E-state index contributed by atoms with van der Waals surface area (Å²) in [5.74, 6) is -0.0147. The number of carbonyl (C=O) groups excluding carboxylic acids is 2.